The molecule has 0 saturated carbocycles. The first kappa shape index (κ1) is 29.5. The predicted octanol–water partition coefficient (Wildman–Crippen LogP) is 4.00. The Bertz CT molecular complexity index is 1290. The van der Waals surface area contributed by atoms with Crippen LogP contribution in [0.5, 0.6) is 0 Å². The standard InChI is InChI=1S/C28H40N12O/c1-7-39(25-13-9-23(10-14-25)31-33-27-35(3)21-29-37(27)5)17-19-41-20-18-40(8-2)26-15-11-24(12-16-26)32-34-28-36(4)22-30-38(28)6/h9-16,21-22H,7-8,17-20H2,1-6H3/q+2. The minimum atomic E-state index is 0.647. The zero-order valence-corrected chi connectivity index (χ0v) is 24.8. The van der Waals surface area contributed by atoms with E-state index in [1.54, 1.807) is 22.0 Å². The van der Waals surface area contributed by atoms with Crippen molar-refractivity contribution in [3.05, 3.63) is 61.2 Å². The summed E-state index contributed by atoms with van der Waals surface area (Å²) in [7, 11) is 7.47. The van der Waals surface area contributed by atoms with Gasteiger partial charge in [0, 0.05) is 47.8 Å². The number of benzene rings is 2. The molecule has 0 saturated heterocycles. The average molecular weight is 561 g/mol. The van der Waals surface area contributed by atoms with E-state index in [9.17, 15) is 0 Å². The van der Waals surface area contributed by atoms with Crippen molar-refractivity contribution < 1.29 is 13.9 Å². The molecule has 0 radical (unpaired) electrons. The molecule has 2 heterocycles. The molecular weight excluding hydrogens is 520 g/mol. The minimum Gasteiger partial charge on any atom is -0.378 e. The van der Waals surface area contributed by atoms with Gasteiger partial charge in [0.25, 0.3) is 0 Å². The van der Waals surface area contributed by atoms with E-state index in [4.69, 9.17) is 4.74 Å². The second-order valence-electron chi connectivity index (χ2n) is 9.54. The van der Waals surface area contributed by atoms with E-state index >= 15 is 0 Å². The van der Waals surface area contributed by atoms with Crippen LogP contribution < -0.4 is 18.9 Å². The van der Waals surface area contributed by atoms with Gasteiger partial charge in [0.15, 0.2) is 0 Å². The first-order chi connectivity index (χ1) is 19.9. The van der Waals surface area contributed by atoms with Gasteiger partial charge >= 0.3 is 11.9 Å². The fourth-order valence-electron chi connectivity index (χ4n) is 4.30. The van der Waals surface area contributed by atoms with E-state index in [1.165, 1.54) is 0 Å². The Morgan fingerprint density at radius 3 is 1.37 bits per heavy atom. The summed E-state index contributed by atoms with van der Waals surface area (Å²) in [5.74, 6) is 1.36. The van der Waals surface area contributed by atoms with Gasteiger partial charge < -0.3 is 14.5 Å². The molecule has 2 aromatic heterocycles. The van der Waals surface area contributed by atoms with Gasteiger partial charge in [-0.2, -0.15) is 0 Å². The molecule has 216 valence electrons. The second kappa shape index (κ2) is 14.2. The molecule has 0 bridgehead atoms. The third-order valence-corrected chi connectivity index (χ3v) is 6.72. The molecule has 0 aliphatic heterocycles. The van der Waals surface area contributed by atoms with Crippen LogP contribution >= 0.6 is 0 Å². The van der Waals surface area contributed by atoms with Crippen LogP contribution in [0.1, 0.15) is 13.8 Å². The van der Waals surface area contributed by atoms with Crippen LogP contribution in [0.3, 0.4) is 0 Å². The van der Waals surface area contributed by atoms with E-state index in [0.717, 1.165) is 48.9 Å². The third-order valence-electron chi connectivity index (χ3n) is 6.72. The topological polar surface area (TPSA) is 109 Å². The molecule has 0 spiro atoms. The van der Waals surface area contributed by atoms with Crippen molar-refractivity contribution in [3.8, 4) is 0 Å². The lowest BCUT2D eigenvalue weighted by Gasteiger charge is -2.25. The lowest BCUT2D eigenvalue weighted by molar-refractivity contribution is -0.659. The molecule has 13 heteroatoms. The van der Waals surface area contributed by atoms with Crippen molar-refractivity contribution in [1.29, 1.82) is 0 Å². The van der Waals surface area contributed by atoms with Crippen LogP contribution in [-0.4, -0.2) is 59.0 Å². The summed E-state index contributed by atoms with van der Waals surface area (Å²) in [6, 6.07) is 16.2. The Hall–Kier alpha value is -4.52. The van der Waals surface area contributed by atoms with E-state index in [0.29, 0.717) is 25.1 Å². The van der Waals surface area contributed by atoms with E-state index in [2.05, 4.69) is 78.6 Å². The number of nitrogens with zero attached hydrogens (tertiary/aromatic N) is 12. The van der Waals surface area contributed by atoms with Crippen LogP contribution in [0.25, 0.3) is 0 Å². The Labute approximate surface area is 241 Å². The van der Waals surface area contributed by atoms with Gasteiger partial charge in [-0.15, -0.1) is 9.36 Å². The van der Waals surface area contributed by atoms with E-state index in [1.807, 2.05) is 61.6 Å². The quantitative estimate of drug-likeness (QED) is 0.132. The molecule has 0 aliphatic carbocycles. The van der Waals surface area contributed by atoms with Crippen LogP contribution in [0.15, 0.2) is 81.6 Å². The molecule has 0 amide bonds. The molecular formula is C28H40N12O+2. The van der Waals surface area contributed by atoms with Crippen molar-refractivity contribution in [2.45, 2.75) is 13.8 Å². The summed E-state index contributed by atoms with van der Waals surface area (Å²) >= 11 is 0. The predicted molar refractivity (Wildman–Crippen MR) is 157 cm³/mol. The number of likely N-dealkylation sites (N-methyl/N-ethyl adjacent to an activating group) is 2. The zero-order chi connectivity index (χ0) is 29.2. The Balaban J connectivity index is 1.22. The molecule has 0 N–H and O–H groups in total. The average Bonchev–Trinajstić information content (AvgIpc) is 3.49. The smallest absolute Gasteiger partial charge is 0.378 e. The van der Waals surface area contributed by atoms with Gasteiger partial charge in [-0.25, -0.2) is 9.13 Å². The summed E-state index contributed by atoms with van der Waals surface area (Å²) in [5.41, 5.74) is 3.84. The maximum atomic E-state index is 6.02. The molecule has 41 heavy (non-hydrogen) atoms. The highest BCUT2D eigenvalue weighted by Gasteiger charge is 2.13. The Morgan fingerprint density at radius 2 is 1.05 bits per heavy atom. The summed E-state index contributed by atoms with van der Waals surface area (Å²) in [6.45, 7) is 8.98. The molecule has 0 atom stereocenters. The van der Waals surface area contributed by atoms with Crippen molar-refractivity contribution >= 4 is 34.6 Å². The van der Waals surface area contributed by atoms with Crippen LogP contribution in [0.4, 0.5) is 34.6 Å². The van der Waals surface area contributed by atoms with Crippen LogP contribution in [0.2, 0.25) is 0 Å². The molecule has 0 aliphatic rings. The van der Waals surface area contributed by atoms with Crippen molar-refractivity contribution in [2.75, 3.05) is 49.2 Å². The highest BCUT2D eigenvalue weighted by molar-refractivity contribution is 5.53. The molecule has 4 rings (SSSR count). The van der Waals surface area contributed by atoms with Crippen LogP contribution in [0, 0.1) is 0 Å². The maximum absolute atomic E-state index is 6.02. The summed E-state index contributed by atoms with van der Waals surface area (Å²) in [6.07, 6.45) is 3.41. The Kier molecular flexibility index (Phi) is 10.2. The molecule has 2 aromatic carbocycles. The van der Waals surface area contributed by atoms with Crippen molar-refractivity contribution in [1.82, 2.24) is 19.6 Å². The maximum Gasteiger partial charge on any atom is 0.403 e. The number of ether oxygens (including phenoxy) is 1. The highest BCUT2D eigenvalue weighted by Crippen LogP contribution is 2.22. The number of aromatic nitrogens is 6. The van der Waals surface area contributed by atoms with Gasteiger partial charge in [0.05, 0.1) is 52.8 Å². The molecule has 4 aromatic rings. The number of anilines is 2. The highest BCUT2D eigenvalue weighted by atomic mass is 16.5. The van der Waals surface area contributed by atoms with Crippen molar-refractivity contribution in [2.24, 2.45) is 48.6 Å². The van der Waals surface area contributed by atoms with Gasteiger partial charge in [-0.1, -0.05) is 10.2 Å². The molecule has 13 nitrogen and oxygen atoms in total. The van der Waals surface area contributed by atoms with Gasteiger partial charge in [0.1, 0.15) is 0 Å². The molecule has 0 fully saturated rings. The number of hydrogen-bond donors (Lipinski definition) is 0. The number of rotatable bonds is 14. The summed E-state index contributed by atoms with van der Waals surface area (Å²) in [4.78, 5) is 4.58. The third kappa shape index (κ3) is 7.78. The summed E-state index contributed by atoms with van der Waals surface area (Å²) < 4.78 is 13.0. The first-order valence-electron chi connectivity index (χ1n) is 13.8. The van der Waals surface area contributed by atoms with Crippen molar-refractivity contribution in [3.63, 3.8) is 0 Å². The van der Waals surface area contributed by atoms with Crippen LogP contribution in [-0.2, 0) is 32.9 Å². The fraction of sp³-hybridized carbons (Fsp3) is 0.429. The molecule has 0 unspecified atom stereocenters. The van der Waals surface area contributed by atoms with Gasteiger partial charge in [-0.3, -0.25) is 0 Å². The zero-order valence-electron chi connectivity index (χ0n) is 24.8. The minimum absolute atomic E-state index is 0.647. The monoisotopic (exact) mass is 560 g/mol. The fourth-order valence-corrected chi connectivity index (χ4v) is 4.30. The lowest BCUT2D eigenvalue weighted by Crippen LogP contribution is -2.30. The van der Waals surface area contributed by atoms with Gasteiger partial charge in [0.2, 0.25) is 12.7 Å². The van der Waals surface area contributed by atoms with E-state index < -0.39 is 0 Å². The summed E-state index contributed by atoms with van der Waals surface area (Å²) in [5, 5.41) is 25.6. The largest absolute Gasteiger partial charge is 0.403 e. The second-order valence-corrected chi connectivity index (χ2v) is 9.54. The van der Waals surface area contributed by atoms with Gasteiger partial charge in [-0.05, 0) is 72.6 Å². The number of hydrogen-bond acceptors (Lipinski definition) is 9. The first-order valence-corrected chi connectivity index (χ1v) is 13.8. The Morgan fingerprint density at radius 1 is 0.659 bits per heavy atom. The lowest BCUT2D eigenvalue weighted by atomic mass is 10.2. The SMILES string of the molecule is CCN(CCOCCN(CC)c1ccc(N=Nc2n(C)nc[n+]2C)cc1)c1ccc(N=Nc2n(C)nc[n+]2C)cc1. The normalized spacial score (nSPS) is 11.7. The number of aryl methyl sites for hydroxylation is 4. The number of azo groups is 2. The van der Waals surface area contributed by atoms with E-state index in [-0.39, 0.29) is 0 Å².